The molecule has 0 atom stereocenters. The van der Waals surface area contributed by atoms with Gasteiger partial charge in [-0.2, -0.15) is 11.8 Å². The van der Waals surface area contributed by atoms with E-state index in [1.807, 2.05) is 17.8 Å². The third-order valence-corrected chi connectivity index (χ3v) is 4.25. The summed E-state index contributed by atoms with van der Waals surface area (Å²) in [5.41, 5.74) is 0.978. The molecule has 0 saturated heterocycles. The van der Waals surface area contributed by atoms with Crippen molar-refractivity contribution in [3.63, 3.8) is 0 Å². The highest BCUT2D eigenvalue weighted by Gasteiger charge is 2.10. The first-order valence-corrected chi connectivity index (χ1v) is 8.98. The molecule has 1 N–H and O–H groups in total. The second-order valence-electron chi connectivity index (χ2n) is 4.44. The maximum atomic E-state index is 6.25. The predicted molar refractivity (Wildman–Crippen MR) is 93.2 cm³/mol. The minimum absolute atomic E-state index is 0.564. The number of hydrogen-bond donors (Lipinski definition) is 1. The lowest BCUT2D eigenvalue weighted by molar-refractivity contribution is 0.199. The molecule has 0 saturated carbocycles. The molecule has 0 aliphatic heterocycles. The summed E-state index contributed by atoms with van der Waals surface area (Å²) >= 11 is 14.2. The Balaban J connectivity index is 2.57. The van der Waals surface area contributed by atoms with Crippen LogP contribution in [0, 0.1) is 0 Å². The maximum Gasteiger partial charge on any atom is 0.142 e. The zero-order valence-corrected chi connectivity index (χ0v) is 14.9. The van der Waals surface area contributed by atoms with Crippen LogP contribution < -0.4 is 10.1 Å². The van der Waals surface area contributed by atoms with Crippen molar-refractivity contribution >= 4 is 35.0 Å². The molecule has 0 fully saturated rings. The molecule has 1 aromatic rings. The normalized spacial score (nSPS) is 10.9. The molecule has 120 valence electrons. The van der Waals surface area contributed by atoms with Crippen molar-refractivity contribution in [1.82, 2.24) is 5.32 Å². The van der Waals surface area contributed by atoms with Gasteiger partial charge in [0.05, 0.1) is 18.2 Å². The van der Waals surface area contributed by atoms with Crippen molar-refractivity contribution in [2.24, 2.45) is 0 Å². The highest BCUT2D eigenvalue weighted by Crippen LogP contribution is 2.32. The zero-order valence-electron chi connectivity index (χ0n) is 12.6. The van der Waals surface area contributed by atoms with Crippen LogP contribution in [-0.2, 0) is 11.3 Å². The fourth-order valence-electron chi connectivity index (χ4n) is 1.78. The van der Waals surface area contributed by atoms with Crippen LogP contribution in [0.25, 0.3) is 0 Å². The molecule has 6 heteroatoms. The molecule has 0 aliphatic carbocycles. The van der Waals surface area contributed by atoms with E-state index in [-0.39, 0.29) is 0 Å². The van der Waals surface area contributed by atoms with Gasteiger partial charge in [-0.15, -0.1) is 0 Å². The third kappa shape index (κ3) is 7.61. The smallest absolute Gasteiger partial charge is 0.142 e. The van der Waals surface area contributed by atoms with Gasteiger partial charge in [0.1, 0.15) is 5.75 Å². The van der Waals surface area contributed by atoms with Crippen LogP contribution in [0.5, 0.6) is 5.75 Å². The average molecular weight is 352 g/mol. The molecule has 0 bridgehead atoms. The van der Waals surface area contributed by atoms with Crippen LogP contribution in [-0.4, -0.2) is 38.4 Å². The van der Waals surface area contributed by atoms with Gasteiger partial charge >= 0.3 is 0 Å². The van der Waals surface area contributed by atoms with Gasteiger partial charge in [-0.1, -0.05) is 30.1 Å². The van der Waals surface area contributed by atoms with Crippen LogP contribution >= 0.6 is 35.0 Å². The first-order chi connectivity index (χ1) is 10.2. The third-order valence-electron chi connectivity index (χ3n) is 2.77. The second-order valence-corrected chi connectivity index (χ2v) is 6.68. The van der Waals surface area contributed by atoms with E-state index >= 15 is 0 Å². The predicted octanol–water partition coefficient (Wildman–Crippen LogP) is 4.25. The van der Waals surface area contributed by atoms with Crippen molar-refractivity contribution in [3.05, 3.63) is 27.7 Å². The quantitative estimate of drug-likeness (QED) is 0.603. The number of rotatable bonds is 11. The van der Waals surface area contributed by atoms with E-state index in [0.29, 0.717) is 29.8 Å². The molecule has 0 unspecified atom stereocenters. The van der Waals surface area contributed by atoms with Crippen molar-refractivity contribution in [3.8, 4) is 5.75 Å². The summed E-state index contributed by atoms with van der Waals surface area (Å²) in [5.74, 6) is 2.96. The Morgan fingerprint density at radius 3 is 2.76 bits per heavy atom. The van der Waals surface area contributed by atoms with Gasteiger partial charge in [-0.3, -0.25) is 0 Å². The Kier molecular flexibility index (Phi) is 10.3. The second kappa shape index (κ2) is 11.4. The Hall–Kier alpha value is -0.130. The van der Waals surface area contributed by atoms with Gasteiger partial charge in [0.2, 0.25) is 0 Å². The number of ether oxygens (including phenoxy) is 2. The van der Waals surface area contributed by atoms with E-state index in [1.54, 1.807) is 13.2 Å². The molecular weight excluding hydrogens is 329 g/mol. The van der Waals surface area contributed by atoms with E-state index in [2.05, 4.69) is 12.2 Å². The van der Waals surface area contributed by atoms with Gasteiger partial charge in [-0.05, 0) is 30.1 Å². The summed E-state index contributed by atoms with van der Waals surface area (Å²) in [6, 6.07) is 3.61. The van der Waals surface area contributed by atoms with Crippen LogP contribution in [0.3, 0.4) is 0 Å². The highest BCUT2D eigenvalue weighted by atomic mass is 35.5. The minimum Gasteiger partial charge on any atom is -0.492 e. The van der Waals surface area contributed by atoms with Crippen molar-refractivity contribution in [2.75, 3.05) is 38.4 Å². The van der Waals surface area contributed by atoms with E-state index in [0.717, 1.165) is 35.8 Å². The summed E-state index contributed by atoms with van der Waals surface area (Å²) in [5, 5.41) is 4.47. The Labute approximate surface area is 141 Å². The van der Waals surface area contributed by atoms with Gasteiger partial charge in [0.15, 0.2) is 0 Å². The average Bonchev–Trinajstić information content (AvgIpc) is 2.45. The Morgan fingerprint density at radius 2 is 2.05 bits per heavy atom. The zero-order chi connectivity index (χ0) is 15.5. The summed E-state index contributed by atoms with van der Waals surface area (Å²) < 4.78 is 10.9. The summed E-state index contributed by atoms with van der Waals surface area (Å²) in [7, 11) is 1.68. The van der Waals surface area contributed by atoms with Crippen LogP contribution in [0.15, 0.2) is 12.1 Å². The van der Waals surface area contributed by atoms with E-state index < -0.39 is 0 Å². The van der Waals surface area contributed by atoms with E-state index in [4.69, 9.17) is 32.7 Å². The molecule has 0 aromatic heterocycles. The lowest BCUT2D eigenvalue weighted by Gasteiger charge is -2.14. The number of thioether (sulfide) groups is 1. The monoisotopic (exact) mass is 351 g/mol. The van der Waals surface area contributed by atoms with Crippen LogP contribution in [0.4, 0.5) is 0 Å². The van der Waals surface area contributed by atoms with Gasteiger partial charge < -0.3 is 14.8 Å². The molecule has 0 aliphatic rings. The number of benzene rings is 1. The first kappa shape index (κ1) is 18.9. The summed E-state index contributed by atoms with van der Waals surface area (Å²) in [6.45, 7) is 4.92. The topological polar surface area (TPSA) is 30.5 Å². The van der Waals surface area contributed by atoms with Crippen molar-refractivity contribution < 1.29 is 9.47 Å². The molecule has 1 rings (SSSR count). The molecule has 0 radical (unpaired) electrons. The summed E-state index contributed by atoms with van der Waals surface area (Å²) in [6.07, 6.45) is 1.01. The number of hydrogen-bond acceptors (Lipinski definition) is 4. The standard InChI is InChI=1S/C15H23Cl2NO2S/c1-3-21-8-4-6-20-15-12(11-18-5-7-19-2)9-13(16)10-14(15)17/h9-10,18H,3-8,11H2,1-2H3. The molecule has 3 nitrogen and oxygen atoms in total. The maximum absolute atomic E-state index is 6.25. The number of methoxy groups -OCH3 is 1. The molecule has 1 aromatic carbocycles. The van der Waals surface area contributed by atoms with Gasteiger partial charge in [0, 0.05) is 30.8 Å². The lowest BCUT2D eigenvalue weighted by Crippen LogP contribution is -2.19. The lowest BCUT2D eigenvalue weighted by atomic mass is 10.2. The van der Waals surface area contributed by atoms with Crippen LogP contribution in [0.1, 0.15) is 18.9 Å². The van der Waals surface area contributed by atoms with Crippen LogP contribution in [0.2, 0.25) is 10.0 Å². The molecule has 0 heterocycles. The Bertz CT molecular complexity index is 419. The fourth-order valence-corrected chi connectivity index (χ4v) is 2.98. The SMILES string of the molecule is CCSCCCOc1c(Cl)cc(Cl)cc1CNCCOC. The number of nitrogens with one attached hydrogen (secondary N) is 1. The van der Waals surface area contributed by atoms with Gasteiger partial charge in [-0.25, -0.2) is 0 Å². The first-order valence-electron chi connectivity index (χ1n) is 7.07. The van der Waals surface area contributed by atoms with Gasteiger partial charge in [0.25, 0.3) is 0 Å². The molecule has 0 amide bonds. The minimum atomic E-state index is 0.564. The fraction of sp³-hybridized carbons (Fsp3) is 0.600. The molecule has 0 spiro atoms. The van der Waals surface area contributed by atoms with E-state index in [1.165, 1.54) is 0 Å². The molecular formula is C15H23Cl2NO2S. The van der Waals surface area contributed by atoms with Crippen molar-refractivity contribution in [1.29, 1.82) is 0 Å². The molecule has 21 heavy (non-hydrogen) atoms. The Morgan fingerprint density at radius 1 is 1.24 bits per heavy atom. The van der Waals surface area contributed by atoms with Crippen molar-refractivity contribution in [2.45, 2.75) is 19.9 Å². The highest BCUT2D eigenvalue weighted by molar-refractivity contribution is 7.99. The largest absolute Gasteiger partial charge is 0.492 e. The van der Waals surface area contributed by atoms with E-state index in [9.17, 15) is 0 Å². The summed E-state index contributed by atoms with van der Waals surface area (Å²) in [4.78, 5) is 0. The number of halogens is 2.